The molecule has 18 heavy (non-hydrogen) atoms. The monoisotopic (exact) mass is 246 g/mol. The van der Waals surface area contributed by atoms with Crippen molar-refractivity contribution in [2.75, 3.05) is 20.1 Å². The fraction of sp³-hybridized carbons (Fsp3) is 0.625. The molecule has 1 aromatic rings. The fourth-order valence-electron chi connectivity index (χ4n) is 3.37. The summed E-state index contributed by atoms with van der Waals surface area (Å²) in [5.41, 5.74) is 1.70. The lowest BCUT2D eigenvalue weighted by molar-refractivity contribution is 0.0963. The zero-order valence-electron chi connectivity index (χ0n) is 12.1. The molecule has 0 spiro atoms. The minimum Gasteiger partial charge on any atom is -0.319 e. The molecule has 0 aromatic heterocycles. The molecule has 0 amide bonds. The van der Waals surface area contributed by atoms with Crippen LogP contribution in [0.5, 0.6) is 0 Å². The van der Waals surface area contributed by atoms with Crippen LogP contribution in [0.15, 0.2) is 30.3 Å². The van der Waals surface area contributed by atoms with Crippen molar-refractivity contribution < 1.29 is 0 Å². The van der Waals surface area contributed by atoms with Gasteiger partial charge in [0.2, 0.25) is 0 Å². The molecular weight excluding hydrogens is 220 g/mol. The second-order valence-electron chi connectivity index (χ2n) is 5.98. The van der Waals surface area contributed by atoms with Crippen molar-refractivity contribution in [1.82, 2.24) is 10.2 Å². The van der Waals surface area contributed by atoms with Crippen molar-refractivity contribution in [3.63, 3.8) is 0 Å². The number of rotatable bonds is 4. The molecule has 1 aliphatic rings. The van der Waals surface area contributed by atoms with Crippen LogP contribution in [-0.4, -0.2) is 30.6 Å². The number of hydrogen-bond acceptors (Lipinski definition) is 2. The smallest absolute Gasteiger partial charge is 0.0325 e. The Morgan fingerprint density at radius 3 is 2.61 bits per heavy atom. The molecule has 100 valence electrons. The van der Waals surface area contributed by atoms with Crippen molar-refractivity contribution in [2.24, 2.45) is 5.92 Å². The lowest BCUT2D eigenvalue weighted by Gasteiger charge is -2.40. The molecule has 1 heterocycles. The Bertz CT molecular complexity index is 372. The maximum Gasteiger partial charge on any atom is 0.0325 e. The van der Waals surface area contributed by atoms with E-state index in [9.17, 15) is 0 Å². The minimum absolute atomic E-state index is 0.276. The Kier molecular flexibility index (Phi) is 4.08. The van der Waals surface area contributed by atoms with Crippen LogP contribution in [0, 0.1) is 5.92 Å². The van der Waals surface area contributed by atoms with Crippen LogP contribution in [0.2, 0.25) is 0 Å². The number of nitrogens with zero attached hydrogens (tertiary/aromatic N) is 1. The van der Waals surface area contributed by atoms with E-state index in [1.165, 1.54) is 18.5 Å². The molecule has 1 aliphatic heterocycles. The summed E-state index contributed by atoms with van der Waals surface area (Å²) in [4.78, 5) is 2.66. The highest BCUT2D eigenvalue weighted by molar-refractivity contribution is 5.19. The number of benzene rings is 1. The van der Waals surface area contributed by atoms with Crippen molar-refractivity contribution in [3.8, 4) is 0 Å². The van der Waals surface area contributed by atoms with Gasteiger partial charge in [0.1, 0.15) is 0 Å². The van der Waals surface area contributed by atoms with Crippen LogP contribution in [0.1, 0.15) is 38.8 Å². The lowest BCUT2D eigenvalue weighted by atomic mass is 9.87. The van der Waals surface area contributed by atoms with Gasteiger partial charge in [0.25, 0.3) is 0 Å². The van der Waals surface area contributed by atoms with Crippen LogP contribution in [0.4, 0.5) is 0 Å². The molecule has 0 radical (unpaired) electrons. The molecule has 1 N–H and O–H groups in total. The second kappa shape index (κ2) is 5.41. The van der Waals surface area contributed by atoms with Crippen LogP contribution in [0.25, 0.3) is 0 Å². The third-order valence-corrected chi connectivity index (χ3v) is 4.66. The summed E-state index contributed by atoms with van der Waals surface area (Å²) in [6.07, 6.45) is 1.30. The normalized spacial score (nSPS) is 25.2. The zero-order valence-corrected chi connectivity index (χ0v) is 12.1. The first kappa shape index (κ1) is 13.6. The third kappa shape index (κ3) is 2.45. The van der Waals surface area contributed by atoms with E-state index < -0.39 is 0 Å². The van der Waals surface area contributed by atoms with Gasteiger partial charge in [-0.1, -0.05) is 30.3 Å². The maximum atomic E-state index is 3.34. The first-order valence-corrected chi connectivity index (χ1v) is 7.03. The summed E-state index contributed by atoms with van der Waals surface area (Å²) in [7, 11) is 2.05. The van der Waals surface area contributed by atoms with Gasteiger partial charge in [-0.05, 0) is 58.8 Å². The molecule has 0 aliphatic carbocycles. The molecule has 1 aromatic carbocycles. The molecule has 2 heteroatoms. The Morgan fingerprint density at radius 2 is 2.00 bits per heavy atom. The minimum atomic E-state index is 0.276. The molecule has 2 rings (SSSR count). The molecular formula is C16H26N2. The summed E-state index contributed by atoms with van der Waals surface area (Å²) in [6, 6.07) is 11.4. The van der Waals surface area contributed by atoms with E-state index in [1.807, 2.05) is 0 Å². The lowest BCUT2D eigenvalue weighted by Crippen LogP contribution is -2.46. The van der Waals surface area contributed by atoms with Gasteiger partial charge in [-0.25, -0.2) is 0 Å². The Morgan fingerprint density at radius 1 is 1.33 bits per heavy atom. The van der Waals surface area contributed by atoms with Gasteiger partial charge in [-0.2, -0.15) is 0 Å². The molecule has 1 fully saturated rings. The largest absolute Gasteiger partial charge is 0.319 e. The van der Waals surface area contributed by atoms with Gasteiger partial charge in [-0.3, -0.25) is 4.90 Å². The van der Waals surface area contributed by atoms with Gasteiger partial charge in [0, 0.05) is 11.6 Å². The van der Waals surface area contributed by atoms with E-state index >= 15 is 0 Å². The zero-order chi connectivity index (χ0) is 13.2. The Labute approximate surface area is 111 Å². The van der Waals surface area contributed by atoms with Crippen molar-refractivity contribution in [2.45, 2.75) is 38.8 Å². The van der Waals surface area contributed by atoms with Crippen molar-refractivity contribution >= 4 is 0 Å². The number of nitrogens with one attached hydrogen (secondary N) is 1. The molecule has 2 atom stereocenters. The van der Waals surface area contributed by atoms with E-state index in [2.05, 4.69) is 68.4 Å². The molecule has 2 unspecified atom stereocenters. The molecule has 0 bridgehead atoms. The van der Waals surface area contributed by atoms with Gasteiger partial charge >= 0.3 is 0 Å². The molecule has 1 saturated heterocycles. The van der Waals surface area contributed by atoms with E-state index in [4.69, 9.17) is 0 Å². The second-order valence-corrected chi connectivity index (χ2v) is 5.98. The molecule has 2 nitrogen and oxygen atoms in total. The SMILES string of the molecule is CNCC1CCN(C(C)c2ccccc2)C1(C)C. The van der Waals surface area contributed by atoms with Gasteiger partial charge < -0.3 is 5.32 Å². The summed E-state index contributed by atoms with van der Waals surface area (Å²) in [5, 5.41) is 3.34. The highest BCUT2D eigenvalue weighted by Crippen LogP contribution is 2.39. The highest BCUT2D eigenvalue weighted by Gasteiger charge is 2.42. The van der Waals surface area contributed by atoms with E-state index in [1.54, 1.807) is 0 Å². The summed E-state index contributed by atoms with van der Waals surface area (Å²) < 4.78 is 0. The van der Waals surface area contributed by atoms with Gasteiger partial charge in [-0.15, -0.1) is 0 Å². The Balaban J connectivity index is 2.15. The predicted octanol–water partition coefficient (Wildman–Crippen LogP) is 3.07. The van der Waals surface area contributed by atoms with E-state index in [-0.39, 0.29) is 5.54 Å². The number of hydrogen-bond donors (Lipinski definition) is 1. The van der Waals surface area contributed by atoms with Crippen LogP contribution in [-0.2, 0) is 0 Å². The van der Waals surface area contributed by atoms with Crippen LogP contribution >= 0.6 is 0 Å². The van der Waals surface area contributed by atoms with Crippen molar-refractivity contribution in [3.05, 3.63) is 35.9 Å². The standard InChI is InChI=1S/C16H26N2/c1-13(14-8-6-5-7-9-14)18-11-10-15(12-17-4)16(18,2)3/h5-9,13,15,17H,10-12H2,1-4H3. The Hall–Kier alpha value is -0.860. The van der Waals surface area contributed by atoms with Crippen LogP contribution in [0.3, 0.4) is 0 Å². The maximum absolute atomic E-state index is 3.34. The summed E-state index contributed by atoms with van der Waals surface area (Å²) in [6.45, 7) is 9.43. The number of likely N-dealkylation sites (tertiary alicyclic amines) is 1. The fourth-order valence-corrected chi connectivity index (χ4v) is 3.37. The summed E-state index contributed by atoms with van der Waals surface area (Å²) in [5.74, 6) is 0.744. The van der Waals surface area contributed by atoms with Crippen molar-refractivity contribution in [1.29, 1.82) is 0 Å². The first-order valence-electron chi connectivity index (χ1n) is 7.03. The predicted molar refractivity (Wildman–Crippen MR) is 77.7 cm³/mol. The third-order valence-electron chi connectivity index (χ3n) is 4.66. The van der Waals surface area contributed by atoms with E-state index in [0.717, 1.165) is 12.5 Å². The van der Waals surface area contributed by atoms with Gasteiger partial charge in [0.15, 0.2) is 0 Å². The molecule has 0 saturated carbocycles. The average molecular weight is 246 g/mol. The first-order chi connectivity index (χ1) is 8.57. The highest BCUT2D eigenvalue weighted by atomic mass is 15.2. The quantitative estimate of drug-likeness (QED) is 0.878. The van der Waals surface area contributed by atoms with Gasteiger partial charge in [0.05, 0.1) is 0 Å². The average Bonchev–Trinajstić information content (AvgIpc) is 2.66. The topological polar surface area (TPSA) is 15.3 Å². The van der Waals surface area contributed by atoms with Crippen LogP contribution < -0.4 is 5.32 Å². The summed E-state index contributed by atoms with van der Waals surface area (Å²) >= 11 is 0. The van der Waals surface area contributed by atoms with E-state index in [0.29, 0.717) is 6.04 Å².